The number of Topliss-reactive ketones (excluding diaryl/α,β-unsaturated/α-hetero) is 1. The zero-order chi connectivity index (χ0) is 46.9. The summed E-state index contributed by atoms with van der Waals surface area (Å²) in [6.07, 6.45) is 7.58. The first-order valence-electron chi connectivity index (χ1n) is 22.1. The normalized spacial score (nSPS) is 31.0. The van der Waals surface area contributed by atoms with Gasteiger partial charge in [-0.25, -0.2) is 14.0 Å². The van der Waals surface area contributed by atoms with Gasteiger partial charge in [0.05, 0.1) is 30.5 Å². The Labute approximate surface area is 373 Å². The fourth-order valence-corrected chi connectivity index (χ4v) is 11.9. The standard InChI is InChI=1S/C46H55FN4O14/c1-23-19-49(38-31(47)16-28-37(40(38)62-4)51(25-6-7-25)20-29(39(28)56)41(57)58)13-14-50(23)43(60)65-22-64-42(59)32(48)17-35(55)63-21-34(54)46(61)12-10-30-27-8-5-24-15-26(52)9-11-44(24,2)36(27)33(53)18-45(30,46)3/h9,11,15-16,20,23,25,27,30,32-33,36,53,61H,5-8,10,12-14,17-19,21-22,48H2,1-4H3,(H,57,58)/t23?,27?,30?,32?,33-,36?,44-,45-,46-/m0/s1. The summed E-state index contributed by atoms with van der Waals surface area (Å²) in [6.45, 7) is 4.15. The number of pyridine rings is 1. The minimum Gasteiger partial charge on any atom is -0.492 e. The van der Waals surface area contributed by atoms with Crippen LogP contribution in [0.3, 0.4) is 0 Å². The van der Waals surface area contributed by atoms with Gasteiger partial charge in [0.25, 0.3) is 0 Å². The Hall–Kier alpha value is -5.66. The molecule has 5 unspecified atom stereocenters. The van der Waals surface area contributed by atoms with Crippen molar-refractivity contribution in [2.24, 2.45) is 34.3 Å². The number of carboxylic acid groups (broad SMARTS) is 1. The third kappa shape index (κ3) is 7.77. The molecule has 18 nitrogen and oxygen atoms in total. The van der Waals surface area contributed by atoms with E-state index in [0.717, 1.165) is 24.5 Å². The highest BCUT2D eigenvalue weighted by Crippen LogP contribution is 2.67. The number of nitrogens with zero attached hydrogens (tertiary/aromatic N) is 3. The highest BCUT2D eigenvalue weighted by molar-refractivity contribution is 6.01. The van der Waals surface area contributed by atoms with E-state index in [1.807, 2.05) is 13.0 Å². The molecule has 5 N–H and O–H groups in total. The first-order chi connectivity index (χ1) is 30.7. The van der Waals surface area contributed by atoms with E-state index in [-0.39, 0.29) is 84.4 Å². The number of benzene rings is 1. The molecule has 9 atom stereocenters. The summed E-state index contributed by atoms with van der Waals surface area (Å²) in [4.78, 5) is 92.3. The number of aromatic carboxylic acids is 1. The number of halogens is 1. The molecule has 1 aliphatic heterocycles. The van der Waals surface area contributed by atoms with Crippen molar-refractivity contribution < 1.29 is 67.4 Å². The van der Waals surface area contributed by atoms with Crippen LogP contribution >= 0.6 is 0 Å². The summed E-state index contributed by atoms with van der Waals surface area (Å²) < 4.78 is 38.6. The number of aliphatic hydroxyl groups excluding tert-OH is 1. The highest BCUT2D eigenvalue weighted by atomic mass is 19.1. The average Bonchev–Trinajstić information content (AvgIpc) is 4.06. The number of ketones is 2. The largest absolute Gasteiger partial charge is 0.492 e. The summed E-state index contributed by atoms with van der Waals surface area (Å²) in [5.74, 6) is -5.38. The second-order valence-corrected chi connectivity index (χ2v) is 18.9. The van der Waals surface area contributed by atoms with Crippen molar-refractivity contribution in [1.82, 2.24) is 9.47 Å². The predicted octanol–water partition coefficient (Wildman–Crippen LogP) is 3.17. The molecule has 0 spiro atoms. The van der Waals surface area contributed by atoms with Crippen LogP contribution in [0.5, 0.6) is 5.75 Å². The van der Waals surface area contributed by atoms with Crippen LogP contribution in [0.25, 0.3) is 10.9 Å². The van der Waals surface area contributed by atoms with Gasteiger partial charge in [0, 0.05) is 54.7 Å². The number of aliphatic hydroxyl groups is 2. The Morgan fingerprint density at radius 1 is 1.05 bits per heavy atom. The summed E-state index contributed by atoms with van der Waals surface area (Å²) >= 11 is 0. The molecule has 65 heavy (non-hydrogen) atoms. The number of fused-ring (bicyclic) bond motifs is 6. The van der Waals surface area contributed by atoms with Crippen molar-refractivity contribution >= 4 is 52.2 Å². The van der Waals surface area contributed by atoms with Gasteiger partial charge >= 0.3 is 24.0 Å². The molecule has 5 fully saturated rings. The first kappa shape index (κ1) is 45.9. The predicted molar refractivity (Wildman–Crippen MR) is 227 cm³/mol. The van der Waals surface area contributed by atoms with Gasteiger partial charge in [-0.15, -0.1) is 0 Å². The van der Waals surface area contributed by atoms with Gasteiger partial charge in [0.2, 0.25) is 18.0 Å². The molecule has 0 radical (unpaired) electrons. The lowest BCUT2D eigenvalue weighted by Crippen LogP contribution is -2.61. The Balaban J connectivity index is 0.814. The van der Waals surface area contributed by atoms with Crippen LogP contribution in [0.4, 0.5) is 14.9 Å². The second kappa shape index (κ2) is 17.0. The lowest BCUT2D eigenvalue weighted by atomic mass is 9.46. The van der Waals surface area contributed by atoms with Crippen molar-refractivity contribution in [3.8, 4) is 5.75 Å². The number of methoxy groups -OCH3 is 1. The van der Waals surface area contributed by atoms with Gasteiger partial charge in [-0.05, 0) is 81.9 Å². The highest BCUT2D eigenvalue weighted by Gasteiger charge is 2.68. The Morgan fingerprint density at radius 2 is 1.78 bits per heavy atom. The molecule has 4 saturated carbocycles. The van der Waals surface area contributed by atoms with Gasteiger partial charge in [-0.3, -0.25) is 24.0 Å². The minimum absolute atomic E-state index is 0.0170. The number of nitrogens with two attached hydrogens (primary N) is 1. The molecule has 1 amide bonds. The van der Waals surface area contributed by atoms with Crippen molar-refractivity contribution in [2.75, 3.05) is 45.0 Å². The number of piperazine rings is 1. The zero-order valence-corrected chi connectivity index (χ0v) is 36.7. The van der Waals surface area contributed by atoms with Gasteiger partial charge in [-0.2, -0.15) is 0 Å². The maximum Gasteiger partial charge on any atom is 0.413 e. The second-order valence-electron chi connectivity index (χ2n) is 18.9. The number of aromatic nitrogens is 1. The number of amides is 1. The molecular formula is C46H55FN4O14. The summed E-state index contributed by atoms with van der Waals surface area (Å²) in [5.41, 5.74) is 2.49. The summed E-state index contributed by atoms with van der Waals surface area (Å²) in [6, 6.07) is -1.18. The van der Waals surface area contributed by atoms with E-state index in [1.54, 1.807) is 35.5 Å². The van der Waals surface area contributed by atoms with Crippen molar-refractivity contribution in [3.63, 3.8) is 0 Å². The molecule has 2 aromatic rings. The third-order valence-corrected chi connectivity index (χ3v) is 15.3. The molecule has 1 saturated heterocycles. The van der Waals surface area contributed by atoms with Crippen LogP contribution < -0.4 is 20.8 Å². The molecule has 5 aliphatic carbocycles. The van der Waals surface area contributed by atoms with Crippen LogP contribution in [0.1, 0.15) is 88.5 Å². The lowest BCUT2D eigenvalue weighted by molar-refractivity contribution is -0.181. The van der Waals surface area contributed by atoms with Gasteiger partial charge < -0.3 is 54.4 Å². The molecule has 1 aromatic carbocycles. The number of carboxylic acids is 1. The average molecular weight is 907 g/mol. The monoisotopic (exact) mass is 906 g/mol. The van der Waals surface area contributed by atoms with E-state index in [2.05, 4.69) is 0 Å². The van der Waals surface area contributed by atoms with E-state index in [1.165, 1.54) is 18.2 Å². The minimum atomic E-state index is -1.88. The molecule has 1 aromatic heterocycles. The topological polar surface area (TPSA) is 255 Å². The van der Waals surface area contributed by atoms with Crippen LogP contribution in [0.2, 0.25) is 0 Å². The van der Waals surface area contributed by atoms with E-state index in [4.69, 9.17) is 24.7 Å². The number of anilines is 1. The molecule has 350 valence electrons. The number of rotatable bonds is 12. The van der Waals surface area contributed by atoms with Crippen LogP contribution in [-0.2, 0) is 33.4 Å². The number of carbonyl (C=O) groups is 6. The van der Waals surface area contributed by atoms with Gasteiger partial charge in [-0.1, -0.05) is 25.5 Å². The van der Waals surface area contributed by atoms with Crippen LogP contribution in [0.15, 0.2) is 40.9 Å². The smallest absolute Gasteiger partial charge is 0.413 e. The Bertz CT molecular complexity index is 2480. The molecule has 2 heterocycles. The van der Waals surface area contributed by atoms with E-state index >= 15 is 4.39 Å². The number of carbonyl (C=O) groups excluding carboxylic acids is 5. The number of allylic oxidation sites excluding steroid dienone is 4. The molecule has 0 bridgehead atoms. The quantitative estimate of drug-likeness (QED) is 0.176. The fourth-order valence-electron chi connectivity index (χ4n) is 11.9. The maximum absolute atomic E-state index is 15.9. The van der Waals surface area contributed by atoms with Crippen molar-refractivity contribution in [1.29, 1.82) is 0 Å². The Kier molecular flexibility index (Phi) is 12.0. The maximum atomic E-state index is 15.9. The number of hydrogen-bond donors (Lipinski definition) is 4. The lowest BCUT2D eigenvalue weighted by Gasteiger charge is -2.59. The first-order valence-corrected chi connectivity index (χ1v) is 22.1. The van der Waals surface area contributed by atoms with Gasteiger partial charge in [0.15, 0.2) is 24.0 Å². The SMILES string of the molecule is COc1c(N2CCN(C(=O)OCOC(=O)C(N)CC(=O)OCC(=O)[C@@]3(O)CCC4C5CCC6=CC(=O)C=C[C@]6(C)C5[C@@H](O)C[C@@]43C)C(C)C2)c(F)cc2c(=O)c(C(=O)O)cn(C3CC3)c12. The molecule has 19 heteroatoms. The number of esters is 2. The van der Waals surface area contributed by atoms with E-state index in [9.17, 15) is 48.9 Å². The van der Waals surface area contributed by atoms with Crippen LogP contribution in [0, 0.1) is 34.4 Å². The van der Waals surface area contributed by atoms with Crippen molar-refractivity contribution in [2.45, 2.75) is 102 Å². The zero-order valence-electron chi connectivity index (χ0n) is 36.7. The van der Waals surface area contributed by atoms with Crippen LogP contribution in [-0.4, -0.2) is 124 Å². The van der Waals surface area contributed by atoms with Crippen molar-refractivity contribution in [3.05, 3.63) is 57.7 Å². The summed E-state index contributed by atoms with van der Waals surface area (Å²) in [5, 5.41) is 33.1. The molecular weight excluding hydrogens is 852 g/mol. The third-order valence-electron chi connectivity index (χ3n) is 15.3. The van der Waals surface area contributed by atoms with Gasteiger partial charge in [0.1, 0.15) is 22.9 Å². The van der Waals surface area contributed by atoms with E-state index in [0.29, 0.717) is 19.3 Å². The fraction of sp³-hybridized carbons (Fsp3) is 0.587. The Morgan fingerprint density at radius 3 is 2.46 bits per heavy atom. The number of hydrogen-bond acceptors (Lipinski definition) is 15. The molecule has 8 rings (SSSR count). The molecule has 6 aliphatic rings. The number of ether oxygens (including phenoxy) is 4. The summed E-state index contributed by atoms with van der Waals surface area (Å²) in [7, 11) is 1.33. The van der Waals surface area contributed by atoms with E-state index < -0.39 is 101 Å².